The molecule has 0 spiro atoms. The third kappa shape index (κ3) is 4.56. The van der Waals surface area contributed by atoms with Gasteiger partial charge in [0.15, 0.2) is 11.5 Å². The maximum absolute atomic E-state index is 12.3. The van der Waals surface area contributed by atoms with Gasteiger partial charge in [0.25, 0.3) is 5.89 Å². The average molecular weight is 389 g/mol. The number of hydrogen-bond donors (Lipinski definition) is 1. The number of carbonyl (C=O) groups is 1. The Kier molecular flexibility index (Phi) is 5.92. The SMILES string of the molecule is CCOc1ccc(NC(=O)Cn2nc(-c3cccs3)oc2=O)cc1OCC. The lowest BCUT2D eigenvalue weighted by Gasteiger charge is -2.12. The number of benzene rings is 1. The van der Waals surface area contributed by atoms with Gasteiger partial charge in [-0.25, -0.2) is 4.79 Å². The number of nitrogens with one attached hydrogen (secondary N) is 1. The molecule has 0 unspecified atom stereocenters. The van der Waals surface area contributed by atoms with Crippen LogP contribution in [0.2, 0.25) is 0 Å². The van der Waals surface area contributed by atoms with Crippen molar-refractivity contribution in [2.24, 2.45) is 0 Å². The van der Waals surface area contributed by atoms with Crippen molar-refractivity contribution in [1.82, 2.24) is 9.78 Å². The minimum Gasteiger partial charge on any atom is -0.490 e. The lowest BCUT2D eigenvalue weighted by atomic mass is 10.2. The van der Waals surface area contributed by atoms with Gasteiger partial charge in [0.1, 0.15) is 6.54 Å². The van der Waals surface area contributed by atoms with Crippen LogP contribution in [0.5, 0.6) is 11.5 Å². The molecule has 0 bridgehead atoms. The van der Waals surface area contributed by atoms with Crippen LogP contribution in [0, 0.1) is 0 Å². The van der Waals surface area contributed by atoms with Gasteiger partial charge in [-0.15, -0.1) is 16.4 Å². The topological polar surface area (TPSA) is 95.6 Å². The van der Waals surface area contributed by atoms with Crippen molar-refractivity contribution in [3.63, 3.8) is 0 Å². The highest BCUT2D eigenvalue weighted by Crippen LogP contribution is 2.30. The fourth-order valence-corrected chi connectivity index (χ4v) is 3.02. The summed E-state index contributed by atoms with van der Waals surface area (Å²) in [5, 5.41) is 8.63. The van der Waals surface area contributed by atoms with Crippen LogP contribution in [-0.2, 0) is 11.3 Å². The second-order valence-corrected chi connectivity index (χ2v) is 6.33. The zero-order valence-corrected chi connectivity index (χ0v) is 15.7. The van der Waals surface area contributed by atoms with E-state index in [4.69, 9.17) is 13.9 Å². The van der Waals surface area contributed by atoms with E-state index in [0.29, 0.717) is 30.4 Å². The van der Waals surface area contributed by atoms with E-state index in [9.17, 15) is 9.59 Å². The number of amides is 1. The first-order chi connectivity index (χ1) is 13.1. The zero-order valence-electron chi connectivity index (χ0n) is 14.9. The highest BCUT2D eigenvalue weighted by molar-refractivity contribution is 7.13. The largest absolute Gasteiger partial charge is 0.490 e. The minimum atomic E-state index is -0.685. The van der Waals surface area contributed by atoms with Crippen molar-refractivity contribution in [1.29, 1.82) is 0 Å². The number of ether oxygens (including phenoxy) is 2. The minimum absolute atomic E-state index is 0.197. The molecule has 2 heterocycles. The molecule has 0 radical (unpaired) electrons. The Morgan fingerprint density at radius 2 is 2.00 bits per heavy atom. The van der Waals surface area contributed by atoms with Gasteiger partial charge in [-0.1, -0.05) is 6.07 Å². The molecule has 0 aliphatic heterocycles. The highest BCUT2D eigenvalue weighted by Gasteiger charge is 2.15. The molecular formula is C18H19N3O5S. The second kappa shape index (κ2) is 8.54. The Morgan fingerprint density at radius 1 is 1.22 bits per heavy atom. The van der Waals surface area contributed by atoms with Gasteiger partial charge >= 0.3 is 5.76 Å². The van der Waals surface area contributed by atoms with Gasteiger partial charge in [-0.3, -0.25) is 4.79 Å². The number of thiophene rings is 1. The molecule has 0 saturated heterocycles. The summed E-state index contributed by atoms with van der Waals surface area (Å²) < 4.78 is 17.1. The second-order valence-electron chi connectivity index (χ2n) is 5.38. The zero-order chi connectivity index (χ0) is 19.2. The fourth-order valence-electron chi connectivity index (χ4n) is 2.37. The van der Waals surface area contributed by atoms with Crippen molar-refractivity contribution in [3.05, 3.63) is 46.3 Å². The van der Waals surface area contributed by atoms with E-state index in [0.717, 1.165) is 9.56 Å². The van der Waals surface area contributed by atoms with Crippen molar-refractivity contribution < 1.29 is 18.7 Å². The molecule has 0 fully saturated rings. The van der Waals surface area contributed by atoms with Gasteiger partial charge < -0.3 is 19.2 Å². The third-order valence-corrected chi connectivity index (χ3v) is 4.32. The van der Waals surface area contributed by atoms with E-state index in [2.05, 4.69) is 10.4 Å². The van der Waals surface area contributed by atoms with E-state index in [1.165, 1.54) is 11.3 Å². The Morgan fingerprint density at radius 3 is 2.70 bits per heavy atom. The molecule has 0 aliphatic rings. The van der Waals surface area contributed by atoms with E-state index in [-0.39, 0.29) is 12.4 Å². The van der Waals surface area contributed by atoms with Crippen LogP contribution in [0.3, 0.4) is 0 Å². The Labute approximate surface area is 159 Å². The molecule has 3 aromatic rings. The van der Waals surface area contributed by atoms with E-state index >= 15 is 0 Å². The van der Waals surface area contributed by atoms with E-state index in [1.54, 1.807) is 24.3 Å². The van der Waals surface area contributed by atoms with Crippen LogP contribution in [-0.4, -0.2) is 28.9 Å². The van der Waals surface area contributed by atoms with Crippen LogP contribution in [0.25, 0.3) is 10.8 Å². The maximum Gasteiger partial charge on any atom is 0.437 e. The molecule has 3 rings (SSSR count). The molecule has 0 aliphatic carbocycles. The smallest absolute Gasteiger partial charge is 0.437 e. The molecule has 9 heteroatoms. The molecule has 0 saturated carbocycles. The quantitative estimate of drug-likeness (QED) is 0.636. The molecule has 1 aromatic carbocycles. The van der Waals surface area contributed by atoms with E-state index in [1.807, 2.05) is 25.3 Å². The monoisotopic (exact) mass is 389 g/mol. The predicted octanol–water partition coefficient (Wildman–Crippen LogP) is 3.00. The first kappa shape index (κ1) is 18.7. The summed E-state index contributed by atoms with van der Waals surface area (Å²) >= 11 is 1.40. The predicted molar refractivity (Wildman–Crippen MR) is 101 cm³/mol. The summed E-state index contributed by atoms with van der Waals surface area (Å²) in [5.74, 6) is 0.244. The van der Waals surface area contributed by atoms with Crippen LogP contribution in [0.15, 0.2) is 44.9 Å². The molecule has 2 aromatic heterocycles. The Bertz CT molecular complexity index is 962. The van der Waals surface area contributed by atoms with Crippen LogP contribution < -0.4 is 20.5 Å². The standard InChI is InChI=1S/C18H19N3O5S/c1-3-24-13-8-7-12(10-14(13)25-4-2)19-16(22)11-21-18(23)26-17(20-21)15-6-5-9-27-15/h5-10H,3-4,11H2,1-2H3,(H,19,22). The number of aromatic nitrogens is 2. The Balaban J connectivity index is 1.71. The molecule has 142 valence electrons. The lowest BCUT2D eigenvalue weighted by Crippen LogP contribution is -2.25. The van der Waals surface area contributed by atoms with Crippen molar-refractivity contribution in [3.8, 4) is 22.3 Å². The average Bonchev–Trinajstić information content (AvgIpc) is 3.28. The lowest BCUT2D eigenvalue weighted by molar-refractivity contribution is -0.117. The van der Waals surface area contributed by atoms with Crippen LogP contribution in [0.1, 0.15) is 13.8 Å². The summed E-state index contributed by atoms with van der Waals surface area (Å²) in [7, 11) is 0. The molecule has 27 heavy (non-hydrogen) atoms. The van der Waals surface area contributed by atoms with Crippen molar-refractivity contribution in [2.75, 3.05) is 18.5 Å². The van der Waals surface area contributed by atoms with Gasteiger partial charge in [-0.05, 0) is 37.4 Å². The number of hydrogen-bond acceptors (Lipinski definition) is 7. The number of carbonyl (C=O) groups excluding carboxylic acids is 1. The molecule has 8 nitrogen and oxygen atoms in total. The van der Waals surface area contributed by atoms with Crippen LogP contribution in [0.4, 0.5) is 5.69 Å². The van der Waals surface area contributed by atoms with Gasteiger partial charge in [-0.2, -0.15) is 4.68 Å². The summed E-state index contributed by atoms with van der Waals surface area (Å²) in [6.07, 6.45) is 0. The Hall–Kier alpha value is -3.07. The third-order valence-electron chi connectivity index (χ3n) is 3.46. The molecule has 1 amide bonds. The fraction of sp³-hybridized carbons (Fsp3) is 0.278. The highest BCUT2D eigenvalue weighted by atomic mass is 32.1. The number of rotatable bonds is 8. The maximum atomic E-state index is 12.3. The summed E-state index contributed by atoms with van der Waals surface area (Å²) in [5.41, 5.74) is 0.530. The summed E-state index contributed by atoms with van der Waals surface area (Å²) in [6, 6.07) is 8.72. The number of anilines is 1. The molecular weight excluding hydrogens is 370 g/mol. The normalized spacial score (nSPS) is 10.6. The van der Waals surface area contributed by atoms with Crippen LogP contribution >= 0.6 is 11.3 Å². The summed E-state index contributed by atoms with van der Waals surface area (Å²) in [6.45, 7) is 4.46. The van der Waals surface area contributed by atoms with Gasteiger partial charge in [0, 0.05) is 11.8 Å². The van der Waals surface area contributed by atoms with Crippen molar-refractivity contribution in [2.45, 2.75) is 20.4 Å². The first-order valence-corrected chi connectivity index (χ1v) is 9.30. The number of nitrogens with zero attached hydrogens (tertiary/aromatic N) is 2. The summed E-state index contributed by atoms with van der Waals surface area (Å²) in [4.78, 5) is 24.9. The van der Waals surface area contributed by atoms with Gasteiger partial charge in [0.2, 0.25) is 5.91 Å². The van der Waals surface area contributed by atoms with E-state index < -0.39 is 11.7 Å². The first-order valence-electron chi connectivity index (χ1n) is 8.42. The van der Waals surface area contributed by atoms with Gasteiger partial charge in [0.05, 0.1) is 18.1 Å². The van der Waals surface area contributed by atoms with Crippen molar-refractivity contribution >= 4 is 22.9 Å². The molecule has 1 N–H and O–H groups in total. The molecule has 0 atom stereocenters.